The number of carbonyl (C=O) groups is 1. The summed E-state index contributed by atoms with van der Waals surface area (Å²) >= 11 is 0. The summed E-state index contributed by atoms with van der Waals surface area (Å²) in [4.78, 5) is 14.3. The highest BCUT2D eigenvalue weighted by Crippen LogP contribution is 1.69. The Morgan fingerprint density at radius 3 is 2.60 bits per heavy atom. The van der Waals surface area contributed by atoms with Gasteiger partial charge in [0.25, 0.3) is 6.33 Å². The van der Waals surface area contributed by atoms with Crippen molar-refractivity contribution in [3.63, 3.8) is 0 Å². The summed E-state index contributed by atoms with van der Waals surface area (Å²) in [5.41, 5.74) is 0. The van der Waals surface area contributed by atoms with Crippen molar-refractivity contribution in [1.82, 2.24) is 4.98 Å². The van der Waals surface area contributed by atoms with Gasteiger partial charge in [0.05, 0.1) is 0 Å². The molecule has 0 N–H and O–H groups in total. The van der Waals surface area contributed by atoms with Crippen molar-refractivity contribution in [2.45, 2.75) is 6.92 Å². The van der Waals surface area contributed by atoms with Crippen LogP contribution in [0.3, 0.4) is 0 Å². The van der Waals surface area contributed by atoms with Crippen molar-refractivity contribution < 1.29 is 21.8 Å². The molecule has 0 spiro atoms. The molecule has 0 bridgehead atoms. The normalized spacial score (nSPS) is 8.10. The topological polar surface area (TPSA) is 33.8 Å². The maximum absolute atomic E-state index is 10.6. The number of hydrogen-bond donors (Lipinski definition) is 0. The molecule has 54 valence electrons. The van der Waals surface area contributed by atoms with Gasteiger partial charge in [-0.05, 0) is 0 Å². The summed E-state index contributed by atoms with van der Waals surface area (Å²) in [6.07, 6.45) is 4.76. The zero-order valence-corrected chi connectivity index (χ0v) is 6.25. The Balaban J connectivity index is 0.000000810. The molecule has 1 heterocycles. The highest BCUT2D eigenvalue weighted by Gasteiger charge is 1.98. The van der Waals surface area contributed by atoms with Gasteiger partial charge in [0.2, 0.25) is 0 Å². The van der Waals surface area contributed by atoms with Crippen molar-refractivity contribution >= 4 is 5.91 Å². The van der Waals surface area contributed by atoms with Crippen LogP contribution in [0.15, 0.2) is 24.8 Å². The molecule has 0 fully saturated rings. The van der Waals surface area contributed by atoms with E-state index in [-0.39, 0.29) is 18.3 Å². The van der Waals surface area contributed by atoms with E-state index in [0.717, 1.165) is 0 Å². The average Bonchev–Trinajstić information content (AvgIpc) is 1.90. The second-order valence-corrected chi connectivity index (χ2v) is 1.68. The van der Waals surface area contributed by atoms with Gasteiger partial charge in [0.15, 0.2) is 0 Å². The van der Waals surface area contributed by atoms with Crippen LogP contribution in [0.5, 0.6) is 0 Å². The van der Waals surface area contributed by atoms with Crippen LogP contribution in [0.4, 0.5) is 0 Å². The smallest absolute Gasteiger partial charge is 0.310 e. The third-order valence-corrected chi connectivity index (χ3v) is 0.973. The molecular weight excluding hydrogens is 152 g/mol. The fourth-order valence-electron chi connectivity index (χ4n) is 0.516. The molecule has 4 heteroatoms. The predicted molar refractivity (Wildman–Crippen MR) is 30.7 cm³/mol. The van der Waals surface area contributed by atoms with E-state index in [1.165, 1.54) is 17.8 Å². The lowest BCUT2D eigenvalue weighted by molar-refractivity contribution is -0.576. The van der Waals surface area contributed by atoms with Gasteiger partial charge in [-0.25, -0.2) is 4.79 Å². The predicted octanol–water partition coefficient (Wildman–Crippen LogP) is -2.97. The fourth-order valence-corrected chi connectivity index (χ4v) is 0.516. The number of hydrogen-bond acceptors (Lipinski definition) is 2. The third-order valence-electron chi connectivity index (χ3n) is 0.973. The molecule has 0 radical (unpaired) electrons. The van der Waals surface area contributed by atoms with Crippen LogP contribution in [0.25, 0.3) is 0 Å². The molecule has 0 amide bonds. The van der Waals surface area contributed by atoms with E-state index in [4.69, 9.17) is 0 Å². The second-order valence-electron chi connectivity index (χ2n) is 1.68. The minimum absolute atomic E-state index is 0. The van der Waals surface area contributed by atoms with Crippen LogP contribution in [-0.4, -0.2) is 10.9 Å². The van der Waals surface area contributed by atoms with Crippen LogP contribution in [0.1, 0.15) is 11.7 Å². The highest BCUT2D eigenvalue weighted by molar-refractivity contribution is 5.62. The molecule has 10 heavy (non-hydrogen) atoms. The van der Waals surface area contributed by atoms with Gasteiger partial charge in [-0.15, -0.1) is 0 Å². The van der Waals surface area contributed by atoms with E-state index in [1.807, 2.05) is 0 Å². The minimum atomic E-state index is -0.0249. The lowest BCUT2D eigenvalue weighted by Gasteiger charge is -1.84. The quantitative estimate of drug-likeness (QED) is 0.378. The first-order chi connectivity index (χ1) is 4.30. The molecule has 1 rings (SSSR count). The lowest BCUT2D eigenvalue weighted by Crippen LogP contribution is -3.00. The molecule has 1 aromatic rings. The van der Waals surface area contributed by atoms with Gasteiger partial charge in [0.1, 0.15) is 12.4 Å². The maximum Gasteiger partial charge on any atom is 0.310 e. The molecule has 0 saturated carbocycles. The second kappa shape index (κ2) is 3.95. The molecule has 0 unspecified atom stereocenters. The van der Waals surface area contributed by atoms with E-state index < -0.39 is 0 Å². The molecule has 0 aliphatic heterocycles. The van der Waals surface area contributed by atoms with E-state index in [2.05, 4.69) is 4.98 Å². The first kappa shape index (κ1) is 9.04. The van der Waals surface area contributed by atoms with Gasteiger partial charge in [0, 0.05) is 13.0 Å². The van der Waals surface area contributed by atoms with E-state index in [0.29, 0.717) is 0 Å². The number of rotatable bonds is 0. The Bertz CT molecular complexity index is 212. The molecule has 0 aliphatic rings. The summed E-state index contributed by atoms with van der Waals surface area (Å²) in [5, 5.41) is 0. The Labute approximate surface area is 65.1 Å². The number of aromatic nitrogens is 2. The zero-order valence-electron chi connectivity index (χ0n) is 5.49. The van der Waals surface area contributed by atoms with Crippen LogP contribution < -0.4 is 17.0 Å². The van der Waals surface area contributed by atoms with Crippen molar-refractivity contribution in [2.24, 2.45) is 0 Å². The molecule has 0 saturated heterocycles. The van der Waals surface area contributed by atoms with Gasteiger partial charge in [-0.3, -0.25) is 0 Å². The summed E-state index contributed by atoms with van der Waals surface area (Å²) in [6, 6.07) is 1.71. The van der Waals surface area contributed by atoms with E-state index in [9.17, 15) is 4.79 Å². The van der Waals surface area contributed by atoms with Crippen molar-refractivity contribution in [2.75, 3.05) is 0 Å². The monoisotopic (exact) mass is 158 g/mol. The van der Waals surface area contributed by atoms with Gasteiger partial charge >= 0.3 is 5.91 Å². The molecule has 1 aromatic heterocycles. The Hall–Kier alpha value is -0.960. The van der Waals surface area contributed by atoms with Crippen molar-refractivity contribution in [3.8, 4) is 0 Å². The standard InChI is InChI=1S/C6H7N2O.ClH/c1-6(9)8-4-2-3-7-5-8;/h2-5H,1H3;1H/q+1;/p-1. The van der Waals surface area contributed by atoms with Crippen LogP contribution in [0, 0.1) is 0 Å². The Morgan fingerprint density at radius 1 is 1.60 bits per heavy atom. The van der Waals surface area contributed by atoms with Crippen molar-refractivity contribution in [3.05, 3.63) is 24.8 Å². The largest absolute Gasteiger partial charge is 1.00 e. The summed E-state index contributed by atoms with van der Waals surface area (Å²) in [7, 11) is 0. The number of nitrogens with zero attached hydrogens (tertiary/aromatic N) is 2. The number of halogens is 1. The van der Waals surface area contributed by atoms with E-state index in [1.54, 1.807) is 18.5 Å². The fraction of sp³-hybridized carbons (Fsp3) is 0.167. The van der Waals surface area contributed by atoms with Gasteiger partial charge < -0.3 is 12.4 Å². The Morgan fingerprint density at radius 2 is 2.30 bits per heavy atom. The van der Waals surface area contributed by atoms with Gasteiger partial charge in [-0.2, -0.15) is 4.57 Å². The summed E-state index contributed by atoms with van der Waals surface area (Å²) in [5.74, 6) is -0.0249. The molecule has 3 nitrogen and oxygen atoms in total. The number of carbonyl (C=O) groups excluding carboxylic acids is 1. The van der Waals surface area contributed by atoms with Gasteiger partial charge in [-0.1, -0.05) is 4.98 Å². The van der Waals surface area contributed by atoms with Crippen LogP contribution >= 0.6 is 0 Å². The summed E-state index contributed by atoms with van der Waals surface area (Å²) in [6.45, 7) is 1.49. The SMILES string of the molecule is CC(=O)[n+]1cccnc1.[Cl-]. The average molecular weight is 159 g/mol. The first-order valence-electron chi connectivity index (χ1n) is 2.63. The first-order valence-corrected chi connectivity index (χ1v) is 2.63. The lowest BCUT2D eigenvalue weighted by atomic mass is 10.6. The maximum atomic E-state index is 10.6. The molecule has 0 atom stereocenters. The van der Waals surface area contributed by atoms with Crippen LogP contribution in [0.2, 0.25) is 0 Å². The Kier molecular flexibility index (Phi) is 3.57. The zero-order chi connectivity index (χ0) is 6.69. The third kappa shape index (κ3) is 2.11. The minimum Gasteiger partial charge on any atom is -1.00 e. The highest BCUT2D eigenvalue weighted by atomic mass is 35.5. The van der Waals surface area contributed by atoms with Crippen molar-refractivity contribution in [1.29, 1.82) is 0 Å². The molecule has 0 aromatic carbocycles. The van der Waals surface area contributed by atoms with E-state index >= 15 is 0 Å². The molecule has 0 aliphatic carbocycles. The summed E-state index contributed by atoms with van der Waals surface area (Å²) < 4.78 is 1.42. The van der Waals surface area contributed by atoms with Crippen LogP contribution in [-0.2, 0) is 0 Å². The molecular formula is C6H7ClN2O.